The summed E-state index contributed by atoms with van der Waals surface area (Å²) in [7, 11) is -4.24. The van der Waals surface area contributed by atoms with Crippen molar-refractivity contribution < 1.29 is 71.3 Å². The number of aryl methyl sites for hydroxylation is 2. The van der Waals surface area contributed by atoms with E-state index in [1.807, 2.05) is 0 Å². The number of aliphatic hydroxyl groups is 2. The van der Waals surface area contributed by atoms with Gasteiger partial charge in [-0.05, 0) is 55.4 Å². The Morgan fingerprint density at radius 1 is 1.05 bits per heavy atom. The van der Waals surface area contributed by atoms with Crippen LogP contribution in [-0.4, -0.2) is 132 Å². The molecule has 342 valence electrons. The number of carboxylic acid groups (broad SMARTS) is 1. The lowest BCUT2D eigenvalue weighted by Gasteiger charge is -2.35. The van der Waals surface area contributed by atoms with Gasteiger partial charge < -0.3 is 40.7 Å². The van der Waals surface area contributed by atoms with Crippen LogP contribution in [0.25, 0.3) is 0 Å². The molecule has 2 aliphatic rings. The summed E-state index contributed by atoms with van der Waals surface area (Å²) < 4.78 is 43.4. The van der Waals surface area contributed by atoms with Gasteiger partial charge in [-0.15, -0.1) is 5.10 Å². The first kappa shape index (κ1) is 49.5. The van der Waals surface area contributed by atoms with Gasteiger partial charge >= 0.3 is 11.9 Å². The molecule has 0 saturated carbocycles. The van der Waals surface area contributed by atoms with Crippen LogP contribution in [0.1, 0.15) is 69.3 Å². The standard InChI is InChI=1S/C40H51N7O15S/c1-6-22(4)40(57)61-20-25-8-10-26(16-24(25)9-11-27-17-30(48)35(52)36(62-27)39(55)56)42-37(53)23(5)41-38(54)34(21(2)3)43-31(49)18-29(47-32(50)12-13-33(47)51)28-19-46(45-44-28)14-7-15-63(58,59)60/h6,8,10,12-13,16,19,21,23,27,29-30,34-36,48,52H,1,4,7,9,11,14-15,17-18,20H2,2-3,5H3,(H,41,54)(H,42,53)(H,43,49)(H,55,56)(H,58,59,60)/t23-,27-,29-,30+,34-,35-,36-/m0/s1. The Balaban J connectivity index is 1.44. The molecule has 1 fully saturated rings. The number of aliphatic hydroxyl groups excluding tert-OH is 2. The molecule has 63 heavy (non-hydrogen) atoms. The minimum Gasteiger partial charge on any atom is -0.479 e. The van der Waals surface area contributed by atoms with E-state index in [0.29, 0.717) is 11.1 Å². The zero-order chi connectivity index (χ0) is 46.8. The number of hydrogen-bond donors (Lipinski definition) is 7. The van der Waals surface area contributed by atoms with E-state index < -0.39 is 112 Å². The predicted octanol–water partition coefficient (Wildman–Crippen LogP) is -0.122. The molecule has 7 atom stereocenters. The molecule has 2 aromatic rings. The molecule has 5 amide bonds. The van der Waals surface area contributed by atoms with Crippen molar-refractivity contribution in [1.29, 1.82) is 0 Å². The molecule has 1 saturated heterocycles. The number of carbonyl (C=O) groups is 7. The van der Waals surface area contributed by atoms with E-state index in [9.17, 15) is 57.3 Å². The first-order valence-electron chi connectivity index (χ1n) is 19.7. The van der Waals surface area contributed by atoms with Crippen molar-refractivity contribution in [2.45, 2.75) is 109 Å². The number of hydrogen-bond acceptors (Lipinski definition) is 15. The third-order valence-corrected chi connectivity index (χ3v) is 10.9. The van der Waals surface area contributed by atoms with Crippen molar-refractivity contribution in [1.82, 2.24) is 30.5 Å². The molecule has 1 aromatic carbocycles. The molecule has 23 heteroatoms. The largest absolute Gasteiger partial charge is 0.479 e. The topological polar surface area (TPSA) is 323 Å². The Morgan fingerprint density at radius 2 is 1.73 bits per heavy atom. The Bertz CT molecular complexity index is 2220. The number of nitrogens with zero attached hydrogens (tertiary/aromatic N) is 4. The smallest absolute Gasteiger partial charge is 0.337 e. The molecule has 0 bridgehead atoms. The highest BCUT2D eigenvalue weighted by atomic mass is 32.2. The lowest BCUT2D eigenvalue weighted by Crippen LogP contribution is -2.54. The summed E-state index contributed by atoms with van der Waals surface area (Å²) in [6, 6.07) is 1.03. The molecule has 22 nitrogen and oxygen atoms in total. The summed E-state index contributed by atoms with van der Waals surface area (Å²) >= 11 is 0. The number of aliphatic carboxylic acids is 1. The van der Waals surface area contributed by atoms with Crippen LogP contribution in [0.5, 0.6) is 0 Å². The number of carboxylic acids is 1. The van der Waals surface area contributed by atoms with Gasteiger partial charge in [0.25, 0.3) is 21.9 Å². The van der Waals surface area contributed by atoms with Crippen LogP contribution >= 0.6 is 0 Å². The van der Waals surface area contributed by atoms with Crippen molar-refractivity contribution >= 4 is 57.3 Å². The maximum absolute atomic E-state index is 13.6. The number of rotatable bonds is 22. The molecule has 0 radical (unpaired) electrons. The van der Waals surface area contributed by atoms with Gasteiger partial charge in [-0.25, -0.2) is 9.59 Å². The second-order valence-electron chi connectivity index (χ2n) is 15.3. The number of amides is 5. The molecular weight excluding hydrogens is 851 g/mol. The third-order valence-electron chi connectivity index (χ3n) is 10.1. The minimum atomic E-state index is -4.24. The van der Waals surface area contributed by atoms with E-state index in [1.54, 1.807) is 26.0 Å². The summed E-state index contributed by atoms with van der Waals surface area (Å²) in [5, 5.41) is 45.5. The van der Waals surface area contributed by atoms with E-state index >= 15 is 0 Å². The molecular formula is C40H51N7O15S. The maximum atomic E-state index is 13.6. The Kier molecular flexibility index (Phi) is 17.1. The van der Waals surface area contributed by atoms with Crippen molar-refractivity contribution in [3.05, 3.63) is 78.2 Å². The van der Waals surface area contributed by atoms with Gasteiger partial charge in [0.2, 0.25) is 17.7 Å². The monoisotopic (exact) mass is 901 g/mol. The highest BCUT2D eigenvalue weighted by Crippen LogP contribution is 2.28. The maximum Gasteiger partial charge on any atom is 0.337 e. The van der Waals surface area contributed by atoms with Gasteiger partial charge in [0.15, 0.2) is 6.10 Å². The molecule has 3 heterocycles. The Labute approximate surface area is 362 Å². The average molecular weight is 902 g/mol. The number of carbonyl (C=O) groups excluding carboxylic acids is 6. The van der Waals surface area contributed by atoms with Crippen LogP contribution in [0.4, 0.5) is 5.69 Å². The second-order valence-corrected chi connectivity index (χ2v) is 16.9. The molecule has 7 N–H and O–H groups in total. The number of esters is 1. The lowest BCUT2D eigenvalue weighted by atomic mass is 9.93. The van der Waals surface area contributed by atoms with E-state index in [0.717, 1.165) is 17.1 Å². The van der Waals surface area contributed by atoms with Gasteiger partial charge in [0.1, 0.15) is 30.5 Å². The summed E-state index contributed by atoms with van der Waals surface area (Å²) in [4.78, 5) is 90.5. The summed E-state index contributed by atoms with van der Waals surface area (Å²) in [6.07, 6.45) is -1.10. The zero-order valence-corrected chi connectivity index (χ0v) is 35.5. The average Bonchev–Trinajstić information content (AvgIpc) is 3.82. The summed E-state index contributed by atoms with van der Waals surface area (Å²) in [5.41, 5.74) is 1.36. The van der Waals surface area contributed by atoms with Crippen molar-refractivity contribution in [2.75, 3.05) is 11.1 Å². The summed E-state index contributed by atoms with van der Waals surface area (Å²) in [5.74, 6) is -6.89. The van der Waals surface area contributed by atoms with Gasteiger partial charge in [-0.2, -0.15) is 8.42 Å². The normalized spacial score (nSPS) is 20.1. The third kappa shape index (κ3) is 13.9. The number of aromatic nitrogens is 3. The van der Waals surface area contributed by atoms with Gasteiger partial charge in [-0.3, -0.25) is 38.1 Å². The highest BCUT2D eigenvalue weighted by Gasteiger charge is 2.41. The molecule has 1 aromatic heterocycles. The van der Waals surface area contributed by atoms with Crippen LogP contribution in [0.3, 0.4) is 0 Å². The van der Waals surface area contributed by atoms with Crippen LogP contribution in [-0.2, 0) is 72.7 Å². The van der Waals surface area contributed by atoms with Gasteiger partial charge in [0, 0.05) is 30.8 Å². The van der Waals surface area contributed by atoms with Crippen molar-refractivity contribution in [3.8, 4) is 0 Å². The lowest BCUT2D eigenvalue weighted by molar-refractivity contribution is -0.193. The van der Waals surface area contributed by atoms with Crippen LogP contribution in [0.2, 0.25) is 0 Å². The van der Waals surface area contributed by atoms with E-state index in [2.05, 4.69) is 39.4 Å². The van der Waals surface area contributed by atoms with E-state index in [-0.39, 0.29) is 55.8 Å². The number of nitrogens with one attached hydrogen (secondary N) is 3. The predicted molar refractivity (Wildman–Crippen MR) is 219 cm³/mol. The Morgan fingerprint density at radius 3 is 2.35 bits per heavy atom. The fourth-order valence-electron chi connectivity index (χ4n) is 6.65. The zero-order valence-electron chi connectivity index (χ0n) is 34.7. The first-order chi connectivity index (χ1) is 29.6. The summed E-state index contributed by atoms with van der Waals surface area (Å²) in [6.45, 7) is 11.5. The number of ether oxygens (including phenoxy) is 2. The number of anilines is 1. The fraction of sp³-hybridized carbons (Fsp3) is 0.475. The van der Waals surface area contributed by atoms with Crippen molar-refractivity contribution in [2.24, 2.45) is 5.92 Å². The van der Waals surface area contributed by atoms with Crippen molar-refractivity contribution in [3.63, 3.8) is 0 Å². The Hall–Kier alpha value is -6.14. The molecule has 4 rings (SSSR count). The number of benzene rings is 1. The second kappa shape index (κ2) is 21.8. The number of imide groups is 1. The SMILES string of the molecule is C=CC(=C)C(=O)OCc1ccc(NC(=O)[C@H](C)NC(=O)[C@@H](NC(=O)C[C@@H](c2cn(CCCS(=O)(=O)O)nn2)N2C(=O)C=CC2=O)C(C)C)cc1CC[C@H]1C[C@@H](O)[C@H](O)[C@@H](C(=O)O)O1. The molecule has 0 spiro atoms. The minimum absolute atomic E-state index is 0.00534. The van der Waals surface area contributed by atoms with Gasteiger partial charge in [0.05, 0.1) is 42.2 Å². The van der Waals surface area contributed by atoms with Gasteiger partial charge in [-0.1, -0.05) is 44.4 Å². The van der Waals surface area contributed by atoms with Crippen LogP contribution < -0.4 is 16.0 Å². The quantitative estimate of drug-likeness (QED) is 0.0266. The van der Waals surface area contributed by atoms with Crippen LogP contribution in [0, 0.1) is 5.92 Å². The first-order valence-corrected chi connectivity index (χ1v) is 21.3. The van der Waals surface area contributed by atoms with E-state index in [1.165, 1.54) is 29.9 Å². The highest BCUT2D eigenvalue weighted by molar-refractivity contribution is 7.85. The fourth-order valence-corrected chi connectivity index (χ4v) is 7.14. The van der Waals surface area contributed by atoms with Crippen LogP contribution in [0.15, 0.2) is 61.4 Å². The molecule has 0 unspecified atom stereocenters. The molecule has 0 aliphatic carbocycles. The van der Waals surface area contributed by atoms with E-state index in [4.69, 9.17) is 14.0 Å². The molecule has 2 aliphatic heterocycles.